The van der Waals surface area contributed by atoms with Crippen molar-refractivity contribution in [2.75, 3.05) is 57.3 Å². The average molecular weight is 359 g/mol. The van der Waals surface area contributed by atoms with Crippen LogP contribution in [0.5, 0.6) is 0 Å². The molecule has 2 fully saturated rings. The number of hydrogen-bond donors (Lipinski definition) is 0. The van der Waals surface area contributed by atoms with Crippen LogP contribution in [0.25, 0.3) is 0 Å². The summed E-state index contributed by atoms with van der Waals surface area (Å²) in [6.45, 7) is 8.29. The maximum Gasteiger partial charge on any atom is 0.272 e. The number of nitrogens with zero attached hydrogens (tertiary/aromatic N) is 5. The van der Waals surface area contributed by atoms with Crippen molar-refractivity contribution < 1.29 is 14.4 Å². The number of pyridine rings is 1. The van der Waals surface area contributed by atoms with E-state index in [0.717, 1.165) is 18.8 Å². The van der Waals surface area contributed by atoms with Crippen LogP contribution in [-0.2, 0) is 9.59 Å². The summed E-state index contributed by atoms with van der Waals surface area (Å²) in [5.74, 6) is 0.0548. The maximum absolute atomic E-state index is 12.6. The zero-order chi connectivity index (χ0) is 18.7. The molecule has 8 nitrogen and oxygen atoms in total. The number of aromatic nitrogens is 1. The molecular weight excluding hydrogens is 334 g/mol. The first-order valence-electron chi connectivity index (χ1n) is 8.97. The number of hydrogen-bond acceptors (Lipinski definition) is 5. The third kappa shape index (κ3) is 3.95. The molecule has 0 N–H and O–H groups in total. The van der Waals surface area contributed by atoms with E-state index in [1.807, 2.05) is 11.0 Å². The van der Waals surface area contributed by atoms with E-state index in [1.54, 1.807) is 35.9 Å². The molecule has 0 atom stereocenters. The quantitative estimate of drug-likeness (QED) is 0.746. The molecule has 0 radical (unpaired) electrons. The molecule has 8 heteroatoms. The largest absolute Gasteiger partial charge is 0.367 e. The van der Waals surface area contributed by atoms with Gasteiger partial charge in [0, 0.05) is 66.2 Å². The Hall–Kier alpha value is -2.64. The van der Waals surface area contributed by atoms with E-state index in [4.69, 9.17) is 0 Å². The lowest BCUT2D eigenvalue weighted by atomic mass is 10.2. The molecular formula is C18H25N5O3. The van der Waals surface area contributed by atoms with Crippen molar-refractivity contribution in [1.82, 2.24) is 19.7 Å². The second kappa shape index (κ2) is 7.72. The summed E-state index contributed by atoms with van der Waals surface area (Å²) in [5.41, 5.74) is 1.39. The number of anilines is 1. The van der Waals surface area contributed by atoms with Crippen LogP contribution in [0.2, 0.25) is 0 Å². The van der Waals surface area contributed by atoms with Gasteiger partial charge in [-0.15, -0.1) is 0 Å². The average Bonchev–Trinajstić information content (AvgIpc) is 2.67. The SMILES string of the molecule is CC(=O)N1CCN(C(=O)c2ccc(N3CCN(C(C)=O)CC3)cn2)CC1. The Kier molecular flexibility index (Phi) is 5.39. The van der Waals surface area contributed by atoms with Crippen LogP contribution in [0.3, 0.4) is 0 Å². The highest BCUT2D eigenvalue weighted by Crippen LogP contribution is 2.17. The first-order valence-corrected chi connectivity index (χ1v) is 8.97. The minimum absolute atomic E-state index is 0.0458. The molecule has 0 unspecified atom stereocenters. The van der Waals surface area contributed by atoms with E-state index in [2.05, 4.69) is 9.88 Å². The summed E-state index contributed by atoms with van der Waals surface area (Å²) in [6.07, 6.45) is 1.72. The Morgan fingerprint density at radius 1 is 0.769 bits per heavy atom. The van der Waals surface area contributed by atoms with Gasteiger partial charge >= 0.3 is 0 Å². The van der Waals surface area contributed by atoms with Crippen molar-refractivity contribution in [2.24, 2.45) is 0 Å². The fraction of sp³-hybridized carbons (Fsp3) is 0.556. The van der Waals surface area contributed by atoms with E-state index in [9.17, 15) is 14.4 Å². The number of amides is 3. The highest BCUT2D eigenvalue weighted by molar-refractivity contribution is 5.92. The van der Waals surface area contributed by atoms with E-state index in [-0.39, 0.29) is 17.7 Å². The van der Waals surface area contributed by atoms with Gasteiger partial charge in [-0.1, -0.05) is 0 Å². The molecule has 140 valence electrons. The Balaban J connectivity index is 1.57. The van der Waals surface area contributed by atoms with Crippen LogP contribution in [-0.4, -0.2) is 89.8 Å². The molecule has 0 saturated carbocycles. The first kappa shape index (κ1) is 18.2. The zero-order valence-corrected chi connectivity index (χ0v) is 15.3. The maximum atomic E-state index is 12.6. The lowest BCUT2D eigenvalue weighted by Gasteiger charge is -2.35. The van der Waals surface area contributed by atoms with Gasteiger partial charge in [0.05, 0.1) is 11.9 Å². The molecule has 0 bridgehead atoms. The van der Waals surface area contributed by atoms with Gasteiger partial charge in [-0.2, -0.15) is 0 Å². The molecule has 26 heavy (non-hydrogen) atoms. The molecule has 3 heterocycles. The van der Waals surface area contributed by atoms with E-state index >= 15 is 0 Å². The highest BCUT2D eigenvalue weighted by Gasteiger charge is 2.24. The monoisotopic (exact) mass is 359 g/mol. The second-order valence-corrected chi connectivity index (χ2v) is 6.69. The van der Waals surface area contributed by atoms with Gasteiger partial charge in [0.2, 0.25) is 11.8 Å². The van der Waals surface area contributed by atoms with Crippen molar-refractivity contribution in [3.8, 4) is 0 Å². The standard InChI is InChI=1S/C18H25N5O3/c1-14(24)20-5-9-22(10-6-20)16-3-4-17(19-13-16)18(26)23-11-7-21(8-12-23)15(2)25/h3-4,13H,5-12H2,1-2H3. The molecule has 3 rings (SSSR count). The van der Waals surface area contributed by atoms with Crippen LogP contribution in [0.15, 0.2) is 18.3 Å². The van der Waals surface area contributed by atoms with Gasteiger partial charge in [0.1, 0.15) is 5.69 Å². The lowest BCUT2D eigenvalue weighted by Crippen LogP contribution is -2.50. The van der Waals surface area contributed by atoms with Crippen LogP contribution >= 0.6 is 0 Å². The van der Waals surface area contributed by atoms with Gasteiger partial charge in [-0.05, 0) is 12.1 Å². The molecule has 0 aliphatic carbocycles. The van der Waals surface area contributed by atoms with E-state index in [0.29, 0.717) is 45.0 Å². The summed E-state index contributed by atoms with van der Waals surface area (Å²) < 4.78 is 0. The smallest absolute Gasteiger partial charge is 0.272 e. The van der Waals surface area contributed by atoms with Crippen molar-refractivity contribution in [2.45, 2.75) is 13.8 Å². The number of rotatable bonds is 2. The molecule has 3 amide bonds. The van der Waals surface area contributed by atoms with Gasteiger partial charge in [-0.25, -0.2) is 4.98 Å². The second-order valence-electron chi connectivity index (χ2n) is 6.69. The summed E-state index contributed by atoms with van der Waals surface area (Å²) in [4.78, 5) is 47.2. The number of carbonyl (C=O) groups is 3. The predicted molar refractivity (Wildman–Crippen MR) is 96.9 cm³/mol. The van der Waals surface area contributed by atoms with E-state index < -0.39 is 0 Å². The van der Waals surface area contributed by atoms with Crippen molar-refractivity contribution in [3.63, 3.8) is 0 Å². The molecule has 2 aliphatic heterocycles. The molecule has 0 aromatic carbocycles. The van der Waals surface area contributed by atoms with Gasteiger partial charge in [0.25, 0.3) is 5.91 Å². The van der Waals surface area contributed by atoms with Gasteiger partial charge < -0.3 is 19.6 Å². The van der Waals surface area contributed by atoms with Crippen LogP contribution in [0.1, 0.15) is 24.3 Å². The number of carbonyl (C=O) groups excluding carboxylic acids is 3. The third-order valence-electron chi connectivity index (χ3n) is 5.07. The first-order chi connectivity index (χ1) is 12.5. The predicted octanol–water partition coefficient (Wildman–Crippen LogP) is 0.0544. The summed E-state index contributed by atoms with van der Waals surface area (Å²) in [7, 11) is 0. The van der Waals surface area contributed by atoms with Crippen LogP contribution < -0.4 is 4.90 Å². The van der Waals surface area contributed by atoms with Crippen LogP contribution in [0.4, 0.5) is 5.69 Å². The highest BCUT2D eigenvalue weighted by atomic mass is 16.2. The van der Waals surface area contributed by atoms with Crippen molar-refractivity contribution in [3.05, 3.63) is 24.0 Å². The lowest BCUT2D eigenvalue weighted by molar-refractivity contribution is -0.130. The summed E-state index contributed by atoms with van der Waals surface area (Å²) >= 11 is 0. The molecule has 0 spiro atoms. The van der Waals surface area contributed by atoms with Gasteiger partial charge in [-0.3, -0.25) is 14.4 Å². The molecule has 1 aromatic heterocycles. The third-order valence-corrected chi connectivity index (χ3v) is 5.07. The Morgan fingerprint density at radius 3 is 1.73 bits per heavy atom. The Labute approximate surface area is 153 Å². The number of piperazine rings is 2. The molecule has 2 saturated heterocycles. The minimum Gasteiger partial charge on any atom is -0.367 e. The summed E-state index contributed by atoms with van der Waals surface area (Å²) in [6, 6.07) is 3.67. The van der Waals surface area contributed by atoms with Crippen molar-refractivity contribution >= 4 is 23.4 Å². The molecule has 2 aliphatic rings. The summed E-state index contributed by atoms with van der Waals surface area (Å²) in [5, 5.41) is 0. The Morgan fingerprint density at radius 2 is 1.27 bits per heavy atom. The minimum atomic E-state index is -0.0962. The zero-order valence-electron chi connectivity index (χ0n) is 15.3. The fourth-order valence-corrected chi connectivity index (χ4v) is 3.37. The fourth-order valence-electron chi connectivity index (χ4n) is 3.37. The van der Waals surface area contributed by atoms with E-state index in [1.165, 1.54) is 0 Å². The van der Waals surface area contributed by atoms with Gasteiger partial charge in [0.15, 0.2) is 0 Å². The molecule has 1 aromatic rings. The Bertz CT molecular complexity index is 675. The van der Waals surface area contributed by atoms with Crippen LogP contribution in [0, 0.1) is 0 Å². The van der Waals surface area contributed by atoms with Crippen molar-refractivity contribution in [1.29, 1.82) is 0 Å². The normalized spacial score (nSPS) is 18.1. The topological polar surface area (TPSA) is 77.1 Å².